The van der Waals surface area contributed by atoms with Crippen LogP contribution >= 0.6 is 0 Å². The van der Waals surface area contributed by atoms with E-state index in [-0.39, 0.29) is 47.1 Å². The molecule has 5 rings (SSSR count). The molecule has 7 heteroatoms. The van der Waals surface area contributed by atoms with Gasteiger partial charge in [-0.2, -0.15) is 0 Å². The van der Waals surface area contributed by atoms with Gasteiger partial charge in [0.25, 0.3) is 0 Å². The van der Waals surface area contributed by atoms with Crippen molar-refractivity contribution < 1.29 is 24.3 Å². The van der Waals surface area contributed by atoms with Crippen LogP contribution in [0.4, 0.5) is 0 Å². The van der Waals surface area contributed by atoms with E-state index in [9.17, 15) is 24.3 Å². The summed E-state index contributed by atoms with van der Waals surface area (Å²) in [5.41, 5.74) is 2.59. The van der Waals surface area contributed by atoms with Crippen molar-refractivity contribution in [1.82, 2.24) is 9.80 Å². The van der Waals surface area contributed by atoms with Gasteiger partial charge in [-0.05, 0) is 55.7 Å². The number of phenols is 1. The second-order valence-corrected chi connectivity index (χ2v) is 10.2. The number of fused-ring (bicyclic) bond motifs is 4. The monoisotopic (exact) mass is 464 g/mol. The number of rotatable bonds is 5. The van der Waals surface area contributed by atoms with Gasteiger partial charge in [0.05, 0.1) is 23.7 Å². The van der Waals surface area contributed by atoms with Crippen LogP contribution < -0.4 is 0 Å². The predicted molar refractivity (Wildman–Crippen MR) is 124 cm³/mol. The molecule has 0 bridgehead atoms. The first-order chi connectivity index (χ1) is 16.3. The molecule has 180 valence electrons. The van der Waals surface area contributed by atoms with Crippen LogP contribution in [-0.4, -0.2) is 51.6 Å². The maximum absolute atomic E-state index is 13.5. The molecule has 4 aliphatic rings. The van der Waals surface area contributed by atoms with E-state index >= 15 is 0 Å². The maximum Gasteiger partial charge on any atom is 0.234 e. The molecule has 2 aliphatic carbocycles. The molecule has 1 aromatic carbocycles. The largest absolute Gasteiger partial charge is 0.508 e. The number of nitrogens with zero attached hydrogens (tertiary/aromatic N) is 2. The van der Waals surface area contributed by atoms with Crippen LogP contribution in [0.2, 0.25) is 0 Å². The van der Waals surface area contributed by atoms with Crippen molar-refractivity contribution in [2.24, 2.45) is 29.6 Å². The molecule has 0 radical (unpaired) electrons. The van der Waals surface area contributed by atoms with Gasteiger partial charge < -0.3 is 5.11 Å². The minimum Gasteiger partial charge on any atom is -0.508 e. The Bertz CT molecular complexity index is 1110. The van der Waals surface area contributed by atoms with Crippen LogP contribution in [-0.2, 0) is 19.2 Å². The van der Waals surface area contributed by atoms with Gasteiger partial charge in [-0.1, -0.05) is 37.6 Å². The lowest BCUT2D eigenvalue weighted by molar-refractivity contribution is -0.142. The molecule has 2 saturated heterocycles. The minimum atomic E-state index is -0.513. The number of likely N-dealkylation sites (tertiary alicyclic amines) is 2. The Balaban J connectivity index is 1.62. The van der Waals surface area contributed by atoms with E-state index < -0.39 is 17.8 Å². The summed E-state index contributed by atoms with van der Waals surface area (Å²) < 4.78 is 0. The lowest BCUT2D eigenvalue weighted by Gasteiger charge is -2.44. The molecule has 1 N–H and O–H groups in total. The third-order valence-corrected chi connectivity index (χ3v) is 8.31. The molecule has 6 unspecified atom stereocenters. The van der Waals surface area contributed by atoms with Crippen molar-refractivity contribution in [2.45, 2.75) is 52.4 Å². The smallest absolute Gasteiger partial charge is 0.234 e. The first-order valence-corrected chi connectivity index (χ1v) is 12.5. The molecule has 0 spiro atoms. The van der Waals surface area contributed by atoms with E-state index in [4.69, 9.17) is 0 Å². The Hall–Kier alpha value is -2.96. The highest BCUT2D eigenvalue weighted by Gasteiger charge is 2.61. The van der Waals surface area contributed by atoms with E-state index in [1.54, 1.807) is 6.07 Å². The van der Waals surface area contributed by atoms with Gasteiger partial charge in [0.15, 0.2) is 0 Å². The molecule has 2 aliphatic heterocycles. The van der Waals surface area contributed by atoms with Crippen molar-refractivity contribution in [2.75, 3.05) is 13.1 Å². The number of carbonyl (C=O) groups excluding carboxylic acids is 4. The van der Waals surface area contributed by atoms with E-state index in [0.29, 0.717) is 44.3 Å². The second kappa shape index (κ2) is 8.36. The number of hydrogen-bond donors (Lipinski definition) is 1. The van der Waals surface area contributed by atoms with Crippen LogP contribution in [0, 0.1) is 36.5 Å². The fourth-order valence-corrected chi connectivity index (χ4v) is 6.85. The number of carbonyl (C=O) groups is 4. The van der Waals surface area contributed by atoms with Gasteiger partial charge in [-0.15, -0.1) is 0 Å². The molecule has 0 aromatic heterocycles. The van der Waals surface area contributed by atoms with E-state index in [1.807, 2.05) is 32.9 Å². The SMILES string of the molecule is CCCN1C(=O)C2CC=C3C(CC4C(=O)N(CCC)C(=O)C4C3c3ccc(O)c(C)c3)C2C1=O. The lowest BCUT2D eigenvalue weighted by atomic mass is 9.57. The number of phenolic OH excluding ortho intramolecular Hbond substituents is 1. The van der Waals surface area contributed by atoms with E-state index in [0.717, 1.165) is 11.1 Å². The number of imide groups is 2. The maximum atomic E-state index is 13.5. The number of benzene rings is 1. The lowest BCUT2D eigenvalue weighted by Crippen LogP contribution is -2.43. The topological polar surface area (TPSA) is 95.0 Å². The highest BCUT2D eigenvalue weighted by atomic mass is 16.3. The zero-order valence-electron chi connectivity index (χ0n) is 20.0. The molecular formula is C27H32N2O5. The highest BCUT2D eigenvalue weighted by Crippen LogP contribution is 2.58. The molecule has 2 heterocycles. The molecule has 3 fully saturated rings. The van der Waals surface area contributed by atoms with Crippen LogP contribution in [0.5, 0.6) is 5.75 Å². The van der Waals surface area contributed by atoms with E-state index in [2.05, 4.69) is 6.08 Å². The first-order valence-electron chi connectivity index (χ1n) is 12.5. The van der Waals surface area contributed by atoms with Crippen LogP contribution in [0.1, 0.15) is 56.6 Å². The van der Waals surface area contributed by atoms with Gasteiger partial charge in [-0.25, -0.2) is 0 Å². The summed E-state index contributed by atoms with van der Waals surface area (Å²) in [5.74, 6) is -2.80. The van der Waals surface area contributed by atoms with Crippen molar-refractivity contribution >= 4 is 23.6 Å². The molecule has 34 heavy (non-hydrogen) atoms. The van der Waals surface area contributed by atoms with Gasteiger partial charge in [-0.3, -0.25) is 29.0 Å². The van der Waals surface area contributed by atoms with E-state index in [1.165, 1.54) is 9.80 Å². The summed E-state index contributed by atoms with van der Waals surface area (Å²) in [6, 6.07) is 5.34. The first kappa shape index (κ1) is 22.8. The number of hydrogen-bond acceptors (Lipinski definition) is 5. The summed E-state index contributed by atoms with van der Waals surface area (Å²) in [7, 11) is 0. The summed E-state index contributed by atoms with van der Waals surface area (Å²) in [4.78, 5) is 56.2. The molecule has 7 nitrogen and oxygen atoms in total. The van der Waals surface area contributed by atoms with Gasteiger partial charge >= 0.3 is 0 Å². The highest BCUT2D eigenvalue weighted by molar-refractivity contribution is 6.08. The zero-order chi connectivity index (χ0) is 24.3. The summed E-state index contributed by atoms with van der Waals surface area (Å²) in [6.07, 6.45) is 4.37. The Morgan fingerprint density at radius 2 is 1.47 bits per heavy atom. The van der Waals surface area contributed by atoms with Crippen molar-refractivity contribution in [3.05, 3.63) is 41.0 Å². The quantitative estimate of drug-likeness (QED) is 0.534. The zero-order valence-corrected chi connectivity index (χ0v) is 20.0. The van der Waals surface area contributed by atoms with Crippen LogP contribution in [0.3, 0.4) is 0 Å². The Labute approximate surface area is 199 Å². The van der Waals surface area contributed by atoms with Crippen molar-refractivity contribution in [3.8, 4) is 5.75 Å². The second-order valence-electron chi connectivity index (χ2n) is 10.2. The average Bonchev–Trinajstić information content (AvgIpc) is 3.20. The fourth-order valence-electron chi connectivity index (χ4n) is 6.85. The molecule has 1 saturated carbocycles. The standard InChI is InChI=1S/C27H32N2O5/c1-4-10-28-24(31)17-8-7-16-18(22(17)26(28)33)13-19-23(27(34)29(11-5-2)25(19)32)21(16)15-6-9-20(30)14(3)12-15/h6-7,9,12,17-19,21-23,30H,4-5,8,10-11,13H2,1-3H3. The summed E-state index contributed by atoms with van der Waals surface area (Å²) >= 11 is 0. The number of amides is 4. The molecule has 4 amide bonds. The minimum absolute atomic E-state index is 0.104. The van der Waals surface area contributed by atoms with Gasteiger partial charge in [0.2, 0.25) is 23.6 Å². The number of aryl methyl sites for hydroxylation is 1. The molecule has 1 aromatic rings. The normalized spacial score (nSPS) is 32.6. The predicted octanol–water partition coefficient (Wildman–Crippen LogP) is 3.16. The van der Waals surface area contributed by atoms with Crippen LogP contribution in [0.25, 0.3) is 0 Å². The van der Waals surface area contributed by atoms with Gasteiger partial charge in [0, 0.05) is 19.0 Å². The summed E-state index contributed by atoms with van der Waals surface area (Å²) in [6.45, 7) is 6.52. The van der Waals surface area contributed by atoms with Crippen LogP contribution in [0.15, 0.2) is 29.8 Å². The van der Waals surface area contributed by atoms with Gasteiger partial charge in [0.1, 0.15) is 5.75 Å². The average molecular weight is 465 g/mol. The molecular weight excluding hydrogens is 432 g/mol. The Morgan fingerprint density at radius 1 is 0.853 bits per heavy atom. The molecule has 6 atom stereocenters. The Morgan fingerprint density at radius 3 is 2.09 bits per heavy atom. The number of allylic oxidation sites excluding steroid dienone is 2. The van der Waals surface area contributed by atoms with Crippen molar-refractivity contribution in [3.63, 3.8) is 0 Å². The Kier molecular flexibility index (Phi) is 5.61. The van der Waals surface area contributed by atoms with Crippen molar-refractivity contribution in [1.29, 1.82) is 0 Å². The third-order valence-electron chi connectivity index (χ3n) is 8.31. The third kappa shape index (κ3) is 3.16. The fraction of sp³-hybridized carbons (Fsp3) is 0.556. The number of aromatic hydroxyl groups is 1. The summed E-state index contributed by atoms with van der Waals surface area (Å²) in [5, 5.41) is 10.1.